The molecule has 2 heterocycles. The van der Waals surface area contributed by atoms with E-state index in [0.29, 0.717) is 30.5 Å². The largest absolute Gasteiger partial charge is 0.355 e. The monoisotopic (exact) mass is 602 g/mol. The van der Waals surface area contributed by atoms with Gasteiger partial charge in [-0.2, -0.15) is 5.10 Å². The number of hydrogen-bond donors (Lipinski definition) is 4. The molecule has 44 heavy (non-hydrogen) atoms. The highest BCUT2D eigenvalue weighted by Crippen LogP contribution is 2.33. The summed E-state index contributed by atoms with van der Waals surface area (Å²) in [6.07, 6.45) is 7.81. The van der Waals surface area contributed by atoms with Crippen LogP contribution in [0.2, 0.25) is 0 Å². The first kappa shape index (κ1) is 30.9. The quantitative estimate of drug-likeness (QED) is 0.362. The Hall–Kier alpha value is -4.54. The zero-order chi connectivity index (χ0) is 31.1. The van der Waals surface area contributed by atoms with E-state index in [1.54, 1.807) is 6.07 Å². The summed E-state index contributed by atoms with van der Waals surface area (Å²) in [6.45, 7) is 1.62. The van der Waals surface area contributed by atoms with Gasteiger partial charge in [0.2, 0.25) is 11.8 Å². The molecular formula is C33H39FN6O4. The maximum absolute atomic E-state index is 14.6. The minimum Gasteiger partial charge on any atom is -0.355 e. The summed E-state index contributed by atoms with van der Waals surface area (Å²) in [7, 11) is 0. The van der Waals surface area contributed by atoms with Gasteiger partial charge in [0.15, 0.2) is 0 Å². The highest BCUT2D eigenvalue weighted by molar-refractivity contribution is 5.98. The molecule has 2 aliphatic rings. The highest BCUT2D eigenvalue weighted by atomic mass is 19.1. The Labute approximate surface area is 256 Å². The zero-order valence-electron chi connectivity index (χ0n) is 24.9. The summed E-state index contributed by atoms with van der Waals surface area (Å²) in [5.41, 5.74) is 2.50. The minimum absolute atomic E-state index is 0.00658. The number of hydrogen-bond acceptors (Lipinski definition) is 5. The summed E-state index contributed by atoms with van der Waals surface area (Å²) < 4.78 is 14.6. The minimum atomic E-state index is -1.01. The van der Waals surface area contributed by atoms with Crippen molar-refractivity contribution in [3.8, 4) is 0 Å². The Balaban J connectivity index is 1.46. The van der Waals surface area contributed by atoms with Crippen LogP contribution in [0.1, 0.15) is 94.9 Å². The molecule has 2 bridgehead atoms. The summed E-state index contributed by atoms with van der Waals surface area (Å²) in [5.74, 6) is -2.41. The fourth-order valence-electron chi connectivity index (χ4n) is 5.99. The topological polar surface area (TPSA) is 136 Å². The van der Waals surface area contributed by atoms with Crippen molar-refractivity contribution in [1.29, 1.82) is 0 Å². The zero-order valence-corrected chi connectivity index (χ0v) is 24.9. The van der Waals surface area contributed by atoms with Crippen molar-refractivity contribution >= 4 is 23.6 Å². The first-order chi connectivity index (χ1) is 21.3. The van der Waals surface area contributed by atoms with Gasteiger partial charge in [0.1, 0.15) is 11.9 Å². The fraction of sp³-hybridized carbons (Fsp3) is 0.424. The number of fused-ring (bicyclic) bond motifs is 2. The molecule has 2 aromatic carbocycles. The lowest BCUT2D eigenvalue weighted by Crippen LogP contribution is -2.50. The van der Waals surface area contributed by atoms with Crippen LogP contribution >= 0.6 is 0 Å². The molecule has 2 atom stereocenters. The molecule has 10 nitrogen and oxygen atoms in total. The van der Waals surface area contributed by atoms with Crippen molar-refractivity contribution in [2.24, 2.45) is 0 Å². The van der Waals surface area contributed by atoms with Gasteiger partial charge in [-0.25, -0.2) is 4.39 Å². The van der Waals surface area contributed by atoms with Gasteiger partial charge in [-0.3, -0.25) is 24.3 Å². The Morgan fingerprint density at radius 3 is 2.52 bits per heavy atom. The molecule has 0 radical (unpaired) electrons. The van der Waals surface area contributed by atoms with Crippen LogP contribution in [0, 0.1) is 5.82 Å². The van der Waals surface area contributed by atoms with Gasteiger partial charge < -0.3 is 20.9 Å². The fourth-order valence-corrected chi connectivity index (χ4v) is 5.99. The Bertz CT molecular complexity index is 1490. The van der Waals surface area contributed by atoms with Crippen molar-refractivity contribution in [1.82, 2.24) is 31.0 Å². The number of aryl methyl sites for hydroxylation is 1. The number of rotatable bonds is 3. The molecular weight excluding hydrogens is 563 g/mol. The van der Waals surface area contributed by atoms with Crippen molar-refractivity contribution < 1.29 is 23.6 Å². The van der Waals surface area contributed by atoms with Gasteiger partial charge in [0.25, 0.3) is 11.8 Å². The molecule has 11 heteroatoms. The number of halogens is 1. The van der Waals surface area contributed by atoms with Crippen LogP contribution in [0.4, 0.5) is 4.39 Å². The van der Waals surface area contributed by atoms with Crippen molar-refractivity contribution in [2.75, 3.05) is 19.6 Å². The number of carbonyl (C=O) groups is 4. The lowest BCUT2D eigenvalue weighted by molar-refractivity contribution is -0.123. The standard InChI is InChI=1S/C33H39FN6O4/c1-21-31(42)38-28(23-10-4-2-5-11-23)19-40(33(44)26-18-36-39-30(26)24-12-6-3-7-13-24)20-29(41)35-16-8-9-22-14-15-27(34)25(17-22)32(43)37-21/h2,4-5,10-11,14-15,17-18,21,24,28H,3,6-9,12-13,16,19-20H2,1H3,(H,35,41)(H,36,39)(H,37,43)(H,38,42)/t21-,28-/m1/s1. The summed E-state index contributed by atoms with van der Waals surface area (Å²) in [4.78, 5) is 55.2. The summed E-state index contributed by atoms with van der Waals surface area (Å²) >= 11 is 0. The molecule has 3 aromatic rings. The van der Waals surface area contributed by atoms with Crippen LogP contribution < -0.4 is 16.0 Å². The average Bonchev–Trinajstić information content (AvgIpc) is 3.53. The molecule has 1 aliphatic heterocycles. The Morgan fingerprint density at radius 1 is 0.977 bits per heavy atom. The maximum Gasteiger partial charge on any atom is 0.257 e. The van der Waals surface area contributed by atoms with E-state index in [4.69, 9.17) is 0 Å². The molecule has 1 aliphatic carbocycles. The highest BCUT2D eigenvalue weighted by Gasteiger charge is 2.31. The van der Waals surface area contributed by atoms with E-state index in [2.05, 4.69) is 26.1 Å². The third-order valence-electron chi connectivity index (χ3n) is 8.44. The third-order valence-corrected chi connectivity index (χ3v) is 8.44. The number of amides is 4. The number of nitrogens with zero attached hydrogens (tertiary/aromatic N) is 2. The molecule has 4 amide bonds. The molecule has 1 saturated carbocycles. The van der Waals surface area contributed by atoms with Crippen LogP contribution in [0.5, 0.6) is 0 Å². The molecule has 1 fully saturated rings. The molecule has 0 unspecified atom stereocenters. The van der Waals surface area contributed by atoms with Crippen molar-refractivity contribution in [3.05, 3.63) is 88.5 Å². The van der Waals surface area contributed by atoms with E-state index in [-0.39, 0.29) is 36.4 Å². The van der Waals surface area contributed by atoms with Gasteiger partial charge >= 0.3 is 0 Å². The average molecular weight is 603 g/mol. The predicted molar refractivity (Wildman–Crippen MR) is 162 cm³/mol. The van der Waals surface area contributed by atoms with Gasteiger partial charge in [0, 0.05) is 19.0 Å². The van der Waals surface area contributed by atoms with E-state index >= 15 is 0 Å². The van der Waals surface area contributed by atoms with E-state index in [1.165, 1.54) is 30.2 Å². The number of aromatic nitrogens is 2. The number of aromatic amines is 1. The molecule has 232 valence electrons. The van der Waals surface area contributed by atoms with Crippen LogP contribution in [0.15, 0.2) is 54.7 Å². The second kappa shape index (κ2) is 14.3. The number of H-pyrrole nitrogens is 1. The van der Waals surface area contributed by atoms with Crippen molar-refractivity contribution in [3.63, 3.8) is 0 Å². The van der Waals surface area contributed by atoms with Crippen LogP contribution in [-0.2, 0) is 16.0 Å². The number of carbonyl (C=O) groups excluding carboxylic acids is 4. The lowest BCUT2D eigenvalue weighted by Gasteiger charge is -2.30. The third kappa shape index (κ3) is 7.50. The van der Waals surface area contributed by atoms with E-state index in [9.17, 15) is 23.6 Å². The molecule has 0 saturated heterocycles. The van der Waals surface area contributed by atoms with E-state index in [0.717, 1.165) is 43.4 Å². The van der Waals surface area contributed by atoms with Gasteiger partial charge in [-0.1, -0.05) is 55.7 Å². The molecule has 4 N–H and O–H groups in total. The van der Waals surface area contributed by atoms with E-state index in [1.807, 2.05) is 30.3 Å². The van der Waals surface area contributed by atoms with Crippen LogP contribution in [0.25, 0.3) is 0 Å². The molecule has 5 rings (SSSR count). The lowest BCUT2D eigenvalue weighted by atomic mass is 9.85. The normalized spacial score (nSPS) is 21.1. The SMILES string of the molecule is C[C@H]1NC(=O)c2cc(ccc2F)CCCNC(=O)CN(C(=O)c2cn[nH]c2C2CCCCC2)C[C@H](c2ccccc2)NC1=O. The van der Waals surface area contributed by atoms with E-state index < -0.39 is 29.7 Å². The number of nitrogens with one attached hydrogen (secondary N) is 4. The van der Waals surface area contributed by atoms with Crippen LogP contribution in [-0.4, -0.2) is 64.4 Å². The predicted octanol–water partition coefficient (Wildman–Crippen LogP) is 3.78. The summed E-state index contributed by atoms with van der Waals surface area (Å²) in [6, 6.07) is 11.7. The smallest absolute Gasteiger partial charge is 0.257 e. The molecule has 0 spiro atoms. The van der Waals surface area contributed by atoms with Crippen LogP contribution in [0.3, 0.4) is 0 Å². The Morgan fingerprint density at radius 2 is 1.75 bits per heavy atom. The first-order valence-electron chi connectivity index (χ1n) is 15.3. The maximum atomic E-state index is 14.6. The Kier molecular flexibility index (Phi) is 10.0. The number of benzene rings is 2. The van der Waals surface area contributed by atoms with Gasteiger partial charge in [-0.05, 0) is 55.9 Å². The molecule has 1 aromatic heterocycles. The summed E-state index contributed by atoms with van der Waals surface area (Å²) in [5, 5.41) is 15.7. The first-order valence-corrected chi connectivity index (χ1v) is 15.3. The van der Waals surface area contributed by atoms with Gasteiger partial charge in [-0.15, -0.1) is 0 Å². The second-order valence-corrected chi connectivity index (χ2v) is 11.7. The van der Waals surface area contributed by atoms with Crippen molar-refractivity contribution in [2.45, 2.75) is 69.9 Å². The van der Waals surface area contributed by atoms with Gasteiger partial charge in [0.05, 0.1) is 35.6 Å². The second-order valence-electron chi connectivity index (χ2n) is 11.7.